The molecule has 5 amide bonds. The number of alkyl carbamates (subject to hydrolysis) is 2. The molecule has 0 aromatic heterocycles. The van der Waals surface area contributed by atoms with E-state index >= 15 is 0 Å². The molecule has 0 spiro atoms. The first-order valence-corrected chi connectivity index (χ1v) is 17.5. The number of fused-ring (bicyclic) bond motifs is 2. The molecule has 288 valence electrons. The number of carbonyl (C=O) groups excluding carboxylic acids is 7. The fraction of sp³-hybridized carbons (Fsp3) is 0.794. The first-order valence-electron chi connectivity index (χ1n) is 17.5. The molecule has 0 saturated carbocycles. The highest BCUT2D eigenvalue weighted by Gasteiger charge is 2.47. The van der Waals surface area contributed by atoms with Crippen LogP contribution in [0.4, 0.5) is 9.59 Å². The van der Waals surface area contributed by atoms with E-state index in [2.05, 4.69) is 16.0 Å². The van der Waals surface area contributed by atoms with Crippen LogP contribution in [0.3, 0.4) is 0 Å². The van der Waals surface area contributed by atoms with Crippen LogP contribution in [0.5, 0.6) is 0 Å². The molecule has 3 N–H and O–H groups in total. The van der Waals surface area contributed by atoms with E-state index in [9.17, 15) is 33.6 Å². The molecule has 0 radical (unpaired) electrons. The van der Waals surface area contributed by atoms with E-state index in [-0.39, 0.29) is 30.4 Å². The van der Waals surface area contributed by atoms with Gasteiger partial charge in [0, 0.05) is 32.1 Å². The Balaban J connectivity index is 0.000000277. The summed E-state index contributed by atoms with van der Waals surface area (Å²) in [6.07, 6.45) is 2.47. The second kappa shape index (κ2) is 17.4. The summed E-state index contributed by atoms with van der Waals surface area (Å²) in [7, 11) is 2.61. The number of nitrogens with one attached hydrogen (secondary N) is 3. The lowest BCUT2D eigenvalue weighted by Gasteiger charge is -2.38. The minimum absolute atomic E-state index is 0.0164. The maximum Gasteiger partial charge on any atom is 0.408 e. The number of nitrogens with zero attached hydrogens (tertiary/aromatic N) is 3. The number of methoxy groups -OCH3 is 2. The lowest BCUT2D eigenvalue weighted by molar-refractivity contribution is -0.154. The zero-order valence-corrected chi connectivity index (χ0v) is 31.4. The van der Waals surface area contributed by atoms with Gasteiger partial charge in [0.15, 0.2) is 0 Å². The van der Waals surface area contributed by atoms with Gasteiger partial charge in [-0.15, -0.1) is 0 Å². The summed E-state index contributed by atoms with van der Waals surface area (Å²) in [4.78, 5) is 91.0. The van der Waals surface area contributed by atoms with Crippen LogP contribution >= 0.6 is 0 Å². The number of rotatable bonds is 4. The van der Waals surface area contributed by atoms with Gasteiger partial charge in [0.1, 0.15) is 35.4 Å². The first-order chi connectivity index (χ1) is 23.8. The lowest BCUT2D eigenvalue weighted by atomic mass is 10.1. The molecule has 0 aromatic carbocycles. The average Bonchev–Trinajstić information content (AvgIpc) is 3.63. The summed E-state index contributed by atoms with van der Waals surface area (Å²) < 4.78 is 20.1. The molecule has 4 saturated heterocycles. The second-order valence-electron chi connectivity index (χ2n) is 15.2. The van der Waals surface area contributed by atoms with Crippen molar-refractivity contribution in [3.8, 4) is 0 Å². The third-order valence-electron chi connectivity index (χ3n) is 9.02. The number of esters is 2. The SMILES string of the molecule is COC(=O)[C@@H]1CC[C@@H]2CCN(C(C)=O)C[C@H](NC(=O)OC(C)(C)C)C(=O)N21.COC(=O)[C@@H]1CC[C@@H]2CCNC[C@H](NC(=O)OC(C)(C)C)C(=O)N21. The molecular weight excluding hydrogens is 668 g/mol. The van der Waals surface area contributed by atoms with Crippen LogP contribution in [-0.4, -0.2) is 144 Å². The molecule has 4 heterocycles. The predicted octanol–water partition coefficient (Wildman–Crippen LogP) is 1.07. The molecule has 51 heavy (non-hydrogen) atoms. The minimum atomic E-state index is -0.989. The van der Waals surface area contributed by atoms with Crippen molar-refractivity contribution in [3.63, 3.8) is 0 Å². The van der Waals surface area contributed by atoms with E-state index in [0.717, 1.165) is 19.4 Å². The Labute approximate surface area is 299 Å². The predicted molar refractivity (Wildman–Crippen MR) is 182 cm³/mol. The standard InChI is InChI=1S/C18H29N3O6.C16H27N3O5/c1-11(22)20-9-8-12-6-7-14(16(24)26-5)21(12)15(23)13(10-20)19-17(25)27-18(2,3)4;1-16(2,3)24-15(22)18-11-9-17-8-7-10-5-6-12(14(21)23-4)19(10)13(11)20/h12-14H,6-10H2,1-5H3,(H,19,25);10-12,17H,5-9H2,1-4H3,(H,18,22)/t12-,13+,14+;10-,11+,12+/m11/s1. The third-order valence-corrected chi connectivity index (χ3v) is 9.02. The fourth-order valence-electron chi connectivity index (χ4n) is 6.80. The number of hydrogen-bond donors (Lipinski definition) is 3. The number of amides is 5. The number of ether oxygens (including phenoxy) is 4. The zero-order chi connectivity index (χ0) is 38.3. The lowest BCUT2D eigenvalue weighted by Crippen LogP contribution is -2.60. The number of carbonyl (C=O) groups is 7. The van der Waals surface area contributed by atoms with E-state index in [1.165, 1.54) is 26.0 Å². The Bertz CT molecular complexity index is 1310. The van der Waals surface area contributed by atoms with Crippen LogP contribution in [0.25, 0.3) is 0 Å². The zero-order valence-electron chi connectivity index (χ0n) is 31.4. The Morgan fingerprint density at radius 1 is 0.686 bits per heavy atom. The highest BCUT2D eigenvalue weighted by atomic mass is 16.6. The average molecular weight is 725 g/mol. The summed E-state index contributed by atoms with van der Waals surface area (Å²) in [6.45, 7) is 13.4. The van der Waals surface area contributed by atoms with Crippen molar-refractivity contribution in [1.29, 1.82) is 0 Å². The second-order valence-corrected chi connectivity index (χ2v) is 15.2. The summed E-state index contributed by atoms with van der Waals surface area (Å²) in [5.74, 6) is -1.72. The van der Waals surface area contributed by atoms with Crippen molar-refractivity contribution in [2.24, 2.45) is 0 Å². The Hall–Kier alpha value is -4.15. The molecule has 4 aliphatic rings. The normalized spacial score (nSPS) is 26.8. The van der Waals surface area contributed by atoms with Gasteiger partial charge in [-0.2, -0.15) is 0 Å². The molecule has 0 aliphatic carbocycles. The van der Waals surface area contributed by atoms with Crippen LogP contribution in [0.1, 0.15) is 87.0 Å². The van der Waals surface area contributed by atoms with Crippen molar-refractivity contribution >= 4 is 41.8 Å². The van der Waals surface area contributed by atoms with Crippen molar-refractivity contribution in [3.05, 3.63) is 0 Å². The van der Waals surface area contributed by atoms with E-state index in [4.69, 9.17) is 18.9 Å². The molecule has 4 fully saturated rings. The van der Waals surface area contributed by atoms with Gasteiger partial charge < -0.3 is 49.6 Å². The van der Waals surface area contributed by atoms with Crippen molar-refractivity contribution in [1.82, 2.24) is 30.7 Å². The van der Waals surface area contributed by atoms with Gasteiger partial charge in [0.05, 0.1) is 20.8 Å². The first kappa shape index (κ1) is 41.3. The van der Waals surface area contributed by atoms with Gasteiger partial charge in [0.25, 0.3) is 0 Å². The Kier molecular flexibility index (Phi) is 14.1. The molecular formula is C34H56N6O11. The highest BCUT2D eigenvalue weighted by Crippen LogP contribution is 2.31. The van der Waals surface area contributed by atoms with Gasteiger partial charge in [-0.3, -0.25) is 14.4 Å². The molecule has 6 atom stereocenters. The highest BCUT2D eigenvalue weighted by molar-refractivity contribution is 5.92. The smallest absolute Gasteiger partial charge is 0.408 e. The molecule has 4 rings (SSSR count). The largest absolute Gasteiger partial charge is 0.467 e. The van der Waals surface area contributed by atoms with E-state index in [0.29, 0.717) is 38.8 Å². The van der Waals surface area contributed by atoms with Crippen LogP contribution < -0.4 is 16.0 Å². The Morgan fingerprint density at radius 2 is 1.14 bits per heavy atom. The summed E-state index contributed by atoms with van der Waals surface area (Å²) in [5, 5.41) is 8.36. The quantitative estimate of drug-likeness (QED) is 0.276. The van der Waals surface area contributed by atoms with E-state index in [1.54, 1.807) is 51.3 Å². The van der Waals surface area contributed by atoms with Gasteiger partial charge >= 0.3 is 24.1 Å². The van der Waals surface area contributed by atoms with Crippen LogP contribution in [0.2, 0.25) is 0 Å². The summed E-state index contributed by atoms with van der Waals surface area (Å²) >= 11 is 0. The summed E-state index contributed by atoms with van der Waals surface area (Å²) in [6, 6.07) is -3.19. The molecule has 0 aromatic rings. The van der Waals surface area contributed by atoms with E-state index < -0.39 is 65.4 Å². The Morgan fingerprint density at radius 3 is 1.59 bits per heavy atom. The van der Waals surface area contributed by atoms with Gasteiger partial charge in [-0.25, -0.2) is 19.2 Å². The maximum atomic E-state index is 13.2. The van der Waals surface area contributed by atoms with Crippen molar-refractivity contribution < 1.29 is 52.5 Å². The molecule has 0 bridgehead atoms. The number of hydrogen-bond acceptors (Lipinski definition) is 12. The van der Waals surface area contributed by atoms with E-state index in [1.807, 2.05) is 0 Å². The van der Waals surface area contributed by atoms with Gasteiger partial charge in [-0.1, -0.05) is 0 Å². The maximum absolute atomic E-state index is 13.2. The van der Waals surface area contributed by atoms with Crippen LogP contribution in [0.15, 0.2) is 0 Å². The molecule has 4 aliphatic heterocycles. The van der Waals surface area contributed by atoms with Gasteiger partial charge in [0.2, 0.25) is 17.7 Å². The summed E-state index contributed by atoms with van der Waals surface area (Å²) in [5.41, 5.74) is -1.37. The third kappa shape index (κ3) is 11.4. The van der Waals surface area contributed by atoms with Crippen LogP contribution in [0, 0.1) is 0 Å². The van der Waals surface area contributed by atoms with Crippen molar-refractivity contribution in [2.75, 3.05) is 40.4 Å². The van der Waals surface area contributed by atoms with Crippen LogP contribution in [-0.2, 0) is 42.9 Å². The molecule has 0 unspecified atom stereocenters. The fourth-order valence-corrected chi connectivity index (χ4v) is 6.80. The monoisotopic (exact) mass is 724 g/mol. The van der Waals surface area contributed by atoms with Gasteiger partial charge in [-0.05, 0) is 86.6 Å². The molecule has 17 nitrogen and oxygen atoms in total. The minimum Gasteiger partial charge on any atom is -0.467 e. The topological polar surface area (TPSA) is 202 Å². The molecule has 17 heteroatoms. The van der Waals surface area contributed by atoms with Crippen molar-refractivity contribution in [2.45, 2.75) is 134 Å².